The number of nitrogens with zero attached hydrogens (tertiary/aromatic N) is 1. The summed E-state index contributed by atoms with van der Waals surface area (Å²) in [5.41, 5.74) is 0.308. The molecule has 2 atom stereocenters. The minimum absolute atomic E-state index is 0.308. The van der Waals surface area contributed by atoms with Gasteiger partial charge in [0.1, 0.15) is 0 Å². The van der Waals surface area contributed by atoms with Crippen molar-refractivity contribution in [3.8, 4) is 0 Å². The predicted octanol–water partition coefficient (Wildman–Crippen LogP) is 4.32. The number of rotatable bonds is 6. The average molecular weight is 213 g/mol. The van der Waals surface area contributed by atoms with E-state index in [4.69, 9.17) is 0 Å². The lowest BCUT2D eigenvalue weighted by molar-refractivity contribution is 0.0774. The molecule has 0 aliphatic rings. The predicted molar refractivity (Wildman–Crippen MR) is 70.3 cm³/mol. The van der Waals surface area contributed by atoms with Crippen LogP contribution < -0.4 is 0 Å². The lowest BCUT2D eigenvalue weighted by atomic mass is 9.95. The van der Waals surface area contributed by atoms with Gasteiger partial charge in [-0.25, -0.2) is 0 Å². The van der Waals surface area contributed by atoms with Gasteiger partial charge in [0.15, 0.2) is 0 Å². The molecule has 0 rings (SSSR count). The lowest BCUT2D eigenvalue weighted by Gasteiger charge is -2.41. The summed E-state index contributed by atoms with van der Waals surface area (Å²) in [6.07, 6.45) is 3.88. The van der Waals surface area contributed by atoms with Crippen molar-refractivity contribution in [2.75, 3.05) is 6.54 Å². The van der Waals surface area contributed by atoms with Crippen molar-refractivity contribution in [1.29, 1.82) is 0 Å². The van der Waals surface area contributed by atoms with Gasteiger partial charge in [0.05, 0.1) is 0 Å². The van der Waals surface area contributed by atoms with Crippen LogP contribution in [0.1, 0.15) is 67.7 Å². The third-order valence-corrected chi connectivity index (χ3v) is 3.30. The third-order valence-electron chi connectivity index (χ3n) is 3.30. The maximum absolute atomic E-state index is 2.65. The van der Waals surface area contributed by atoms with Crippen LogP contribution in [0.4, 0.5) is 0 Å². The van der Waals surface area contributed by atoms with Gasteiger partial charge in [0.2, 0.25) is 0 Å². The highest BCUT2D eigenvalue weighted by Gasteiger charge is 2.25. The zero-order valence-electron chi connectivity index (χ0n) is 11.9. The SMILES string of the molecule is CCCN(C(C)CC(C)CC)C(C)(C)C. The topological polar surface area (TPSA) is 3.24 Å². The molecule has 0 saturated heterocycles. The standard InChI is InChI=1S/C14H31N/c1-8-10-15(14(5,6)7)13(4)11-12(3)9-2/h12-13H,8-11H2,1-7H3. The monoisotopic (exact) mass is 213 g/mol. The summed E-state index contributed by atoms with van der Waals surface area (Å²) < 4.78 is 0. The highest BCUT2D eigenvalue weighted by Crippen LogP contribution is 2.22. The second-order valence-electron chi connectivity index (χ2n) is 5.96. The fraction of sp³-hybridized carbons (Fsp3) is 1.00. The second-order valence-corrected chi connectivity index (χ2v) is 5.96. The van der Waals surface area contributed by atoms with Gasteiger partial charge >= 0.3 is 0 Å². The van der Waals surface area contributed by atoms with Gasteiger partial charge in [0.25, 0.3) is 0 Å². The molecule has 92 valence electrons. The first-order chi connectivity index (χ1) is 6.82. The van der Waals surface area contributed by atoms with Crippen LogP contribution >= 0.6 is 0 Å². The molecule has 0 fully saturated rings. The van der Waals surface area contributed by atoms with Crippen LogP contribution in [0.5, 0.6) is 0 Å². The molecule has 0 aromatic heterocycles. The van der Waals surface area contributed by atoms with Crippen LogP contribution in [0, 0.1) is 5.92 Å². The van der Waals surface area contributed by atoms with Gasteiger partial charge in [-0.1, -0.05) is 27.2 Å². The number of hydrogen-bond acceptors (Lipinski definition) is 1. The first-order valence-corrected chi connectivity index (χ1v) is 6.59. The van der Waals surface area contributed by atoms with E-state index < -0.39 is 0 Å². The average Bonchev–Trinajstić information content (AvgIpc) is 2.11. The Morgan fingerprint density at radius 1 is 1.07 bits per heavy atom. The van der Waals surface area contributed by atoms with Gasteiger partial charge in [0, 0.05) is 11.6 Å². The molecule has 0 amide bonds. The zero-order chi connectivity index (χ0) is 12.1. The Morgan fingerprint density at radius 3 is 1.93 bits per heavy atom. The minimum atomic E-state index is 0.308. The second kappa shape index (κ2) is 6.52. The van der Waals surface area contributed by atoms with Gasteiger partial charge < -0.3 is 0 Å². The summed E-state index contributed by atoms with van der Waals surface area (Å²) in [6.45, 7) is 17.5. The van der Waals surface area contributed by atoms with Crippen molar-refractivity contribution in [2.24, 2.45) is 5.92 Å². The maximum atomic E-state index is 2.65. The number of hydrogen-bond donors (Lipinski definition) is 0. The van der Waals surface area contributed by atoms with E-state index in [0.717, 1.165) is 5.92 Å². The molecule has 0 saturated carbocycles. The first kappa shape index (κ1) is 15.0. The van der Waals surface area contributed by atoms with Gasteiger partial charge in [-0.3, -0.25) is 4.90 Å². The van der Waals surface area contributed by atoms with Crippen molar-refractivity contribution >= 4 is 0 Å². The zero-order valence-corrected chi connectivity index (χ0v) is 11.9. The molecule has 1 nitrogen and oxygen atoms in total. The summed E-state index contributed by atoms with van der Waals surface area (Å²) in [5, 5.41) is 0. The van der Waals surface area contributed by atoms with Crippen molar-refractivity contribution < 1.29 is 0 Å². The molecule has 0 aliphatic carbocycles. The van der Waals surface area contributed by atoms with Crippen LogP contribution in [-0.2, 0) is 0 Å². The van der Waals surface area contributed by atoms with E-state index in [-0.39, 0.29) is 0 Å². The molecule has 0 spiro atoms. The van der Waals surface area contributed by atoms with Crippen LogP contribution in [-0.4, -0.2) is 23.0 Å². The Bertz CT molecular complexity index is 157. The molecule has 1 heteroatoms. The molecule has 0 aromatic carbocycles. The Kier molecular flexibility index (Phi) is 6.51. The highest BCUT2D eigenvalue weighted by molar-refractivity contribution is 4.81. The molecule has 0 heterocycles. The van der Waals surface area contributed by atoms with Crippen molar-refractivity contribution in [1.82, 2.24) is 4.90 Å². The Morgan fingerprint density at radius 2 is 1.60 bits per heavy atom. The molecule has 2 unspecified atom stereocenters. The van der Waals surface area contributed by atoms with E-state index in [1.807, 2.05) is 0 Å². The van der Waals surface area contributed by atoms with Crippen molar-refractivity contribution in [2.45, 2.75) is 79.3 Å². The van der Waals surface area contributed by atoms with Crippen molar-refractivity contribution in [3.05, 3.63) is 0 Å². The van der Waals surface area contributed by atoms with Gasteiger partial charge in [-0.2, -0.15) is 0 Å². The fourth-order valence-corrected chi connectivity index (χ4v) is 2.33. The van der Waals surface area contributed by atoms with Crippen LogP contribution in [0.2, 0.25) is 0 Å². The molecule has 0 bridgehead atoms. The van der Waals surface area contributed by atoms with Crippen molar-refractivity contribution in [3.63, 3.8) is 0 Å². The van der Waals surface area contributed by atoms with Crippen LogP contribution in [0.15, 0.2) is 0 Å². The molecule has 0 radical (unpaired) electrons. The minimum Gasteiger partial charge on any atom is -0.296 e. The van der Waals surface area contributed by atoms with Crippen LogP contribution in [0.25, 0.3) is 0 Å². The van der Waals surface area contributed by atoms with E-state index in [9.17, 15) is 0 Å². The fourth-order valence-electron chi connectivity index (χ4n) is 2.33. The first-order valence-electron chi connectivity index (χ1n) is 6.59. The van der Waals surface area contributed by atoms with E-state index in [2.05, 4.69) is 53.4 Å². The summed E-state index contributed by atoms with van der Waals surface area (Å²) in [6, 6.07) is 0.708. The van der Waals surface area contributed by atoms with Gasteiger partial charge in [-0.05, 0) is 53.0 Å². The summed E-state index contributed by atoms with van der Waals surface area (Å²) in [7, 11) is 0. The molecular weight excluding hydrogens is 182 g/mol. The van der Waals surface area contributed by atoms with Gasteiger partial charge in [-0.15, -0.1) is 0 Å². The van der Waals surface area contributed by atoms with E-state index >= 15 is 0 Å². The smallest absolute Gasteiger partial charge is 0.0127 e. The van der Waals surface area contributed by atoms with E-state index in [1.165, 1.54) is 25.8 Å². The lowest BCUT2D eigenvalue weighted by Crippen LogP contribution is -2.47. The largest absolute Gasteiger partial charge is 0.296 e. The highest BCUT2D eigenvalue weighted by atomic mass is 15.2. The Labute approximate surface area is 97.2 Å². The van der Waals surface area contributed by atoms with Crippen LogP contribution in [0.3, 0.4) is 0 Å². The Balaban J connectivity index is 4.35. The Hall–Kier alpha value is -0.0400. The van der Waals surface area contributed by atoms with E-state index in [1.54, 1.807) is 0 Å². The molecule has 0 aliphatic heterocycles. The maximum Gasteiger partial charge on any atom is 0.0127 e. The molecule has 15 heavy (non-hydrogen) atoms. The third kappa shape index (κ3) is 5.55. The molecule has 0 aromatic rings. The molecular formula is C14H31N. The molecule has 0 N–H and O–H groups in total. The summed E-state index contributed by atoms with van der Waals surface area (Å²) in [4.78, 5) is 2.65. The summed E-state index contributed by atoms with van der Waals surface area (Å²) >= 11 is 0. The normalized spacial score (nSPS) is 16.8. The quantitative estimate of drug-likeness (QED) is 0.635. The van der Waals surface area contributed by atoms with E-state index in [0.29, 0.717) is 11.6 Å². The summed E-state index contributed by atoms with van der Waals surface area (Å²) in [5.74, 6) is 0.849.